The summed E-state index contributed by atoms with van der Waals surface area (Å²) in [6.45, 7) is 2.66. The van der Waals surface area contributed by atoms with Crippen LogP contribution in [-0.4, -0.2) is 29.7 Å². The molecule has 4 aromatic rings. The minimum atomic E-state index is -0.968. The molecule has 0 aliphatic rings. The minimum absolute atomic E-state index is 0.0693. The van der Waals surface area contributed by atoms with Crippen LogP contribution in [0.5, 0.6) is 5.75 Å². The van der Waals surface area contributed by atoms with Crippen molar-refractivity contribution in [3.63, 3.8) is 0 Å². The average molecular weight is 485 g/mol. The second kappa shape index (κ2) is 9.77. The molecular weight excluding hydrogens is 463 g/mol. The zero-order valence-electron chi connectivity index (χ0n) is 18.1. The highest BCUT2D eigenvalue weighted by Gasteiger charge is 2.22. The van der Waals surface area contributed by atoms with E-state index >= 15 is 0 Å². The van der Waals surface area contributed by atoms with E-state index in [9.17, 15) is 14.3 Å². The number of carbonyl (C=O) groups is 1. The summed E-state index contributed by atoms with van der Waals surface area (Å²) in [6.07, 6.45) is 0.737. The van der Waals surface area contributed by atoms with Gasteiger partial charge in [0.1, 0.15) is 5.75 Å². The SMILES string of the molecule is COc1ccc(CCN(c2nc3ccc(Cl)c(F)c3s2)C(C)c2ccc(C(=O)O)cc2)cc1. The highest BCUT2D eigenvalue weighted by Crippen LogP contribution is 2.37. The summed E-state index contributed by atoms with van der Waals surface area (Å²) in [6, 6.07) is 17.8. The molecule has 1 aromatic heterocycles. The van der Waals surface area contributed by atoms with Crippen LogP contribution in [0.15, 0.2) is 60.7 Å². The van der Waals surface area contributed by atoms with Gasteiger partial charge in [0.25, 0.3) is 0 Å². The van der Waals surface area contributed by atoms with E-state index in [0.717, 1.165) is 23.3 Å². The van der Waals surface area contributed by atoms with Gasteiger partial charge in [-0.3, -0.25) is 0 Å². The number of carboxylic acid groups (broad SMARTS) is 1. The third-order valence-corrected chi connectivity index (χ3v) is 6.99. The molecule has 0 saturated carbocycles. The summed E-state index contributed by atoms with van der Waals surface area (Å²) in [5.41, 5.74) is 2.85. The van der Waals surface area contributed by atoms with Crippen molar-refractivity contribution < 1.29 is 19.0 Å². The zero-order chi connectivity index (χ0) is 23.5. The number of nitrogens with zero attached hydrogens (tertiary/aromatic N) is 2. The molecule has 4 rings (SSSR count). The number of carboxylic acids is 1. The van der Waals surface area contributed by atoms with Crippen LogP contribution < -0.4 is 9.64 Å². The number of ether oxygens (including phenoxy) is 1. The van der Waals surface area contributed by atoms with E-state index in [2.05, 4.69) is 9.88 Å². The van der Waals surface area contributed by atoms with Crippen molar-refractivity contribution in [2.75, 3.05) is 18.6 Å². The highest BCUT2D eigenvalue weighted by molar-refractivity contribution is 7.22. The number of hydrogen-bond acceptors (Lipinski definition) is 5. The maximum absolute atomic E-state index is 14.6. The monoisotopic (exact) mass is 484 g/mol. The van der Waals surface area contributed by atoms with Gasteiger partial charge in [-0.15, -0.1) is 0 Å². The maximum Gasteiger partial charge on any atom is 0.335 e. The lowest BCUT2D eigenvalue weighted by Crippen LogP contribution is -2.29. The predicted molar refractivity (Wildman–Crippen MR) is 130 cm³/mol. The van der Waals surface area contributed by atoms with Gasteiger partial charge in [-0.25, -0.2) is 14.2 Å². The van der Waals surface area contributed by atoms with Crippen molar-refractivity contribution >= 4 is 44.3 Å². The molecular formula is C25H22ClFN2O3S. The molecule has 0 radical (unpaired) electrons. The first kappa shape index (κ1) is 23.0. The Morgan fingerprint density at radius 3 is 2.48 bits per heavy atom. The molecule has 1 atom stereocenters. The highest BCUT2D eigenvalue weighted by atomic mass is 35.5. The molecule has 0 bridgehead atoms. The van der Waals surface area contributed by atoms with Gasteiger partial charge < -0.3 is 14.7 Å². The molecule has 1 N–H and O–H groups in total. The van der Waals surface area contributed by atoms with Crippen molar-refractivity contribution in [3.05, 3.63) is 88.2 Å². The van der Waals surface area contributed by atoms with Gasteiger partial charge in [0.2, 0.25) is 0 Å². The van der Waals surface area contributed by atoms with E-state index in [-0.39, 0.29) is 16.6 Å². The van der Waals surface area contributed by atoms with Gasteiger partial charge in [-0.05, 0) is 60.9 Å². The number of methoxy groups -OCH3 is 1. The molecule has 3 aromatic carbocycles. The van der Waals surface area contributed by atoms with Gasteiger partial charge in [-0.1, -0.05) is 47.2 Å². The summed E-state index contributed by atoms with van der Waals surface area (Å²) < 4.78 is 20.2. The van der Waals surface area contributed by atoms with Crippen molar-refractivity contribution in [3.8, 4) is 5.75 Å². The summed E-state index contributed by atoms with van der Waals surface area (Å²) in [5.74, 6) is -0.642. The molecule has 0 aliphatic heterocycles. The number of fused-ring (bicyclic) bond motifs is 1. The largest absolute Gasteiger partial charge is 0.497 e. The van der Waals surface area contributed by atoms with E-state index < -0.39 is 11.8 Å². The molecule has 5 nitrogen and oxygen atoms in total. The van der Waals surface area contributed by atoms with Crippen LogP contribution >= 0.6 is 22.9 Å². The Balaban J connectivity index is 1.67. The molecule has 0 spiro atoms. The van der Waals surface area contributed by atoms with Gasteiger partial charge in [0.05, 0.1) is 34.0 Å². The van der Waals surface area contributed by atoms with E-state index in [1.54, 1.807) is 37.4 Å². The quantitative estimate of drug-likeness (QED) is 0.305. The fourth-order valence-electron chi connectivity index (χ4n) is 3.63. The summed E-state index contributed by atoms with van der Waals surface area (Å²) in [4.78, 5) is 18.0. The molecule has 0 fully saturated rings. The Kier molecular flexibility index (Phi) is 6.81. The number of benzene rings is 3. The second-order valence-corrected chi connectivity index (χ2v) is 8.99. The molecule has 0 aliphatic carbocycles. The van der Waals surface area contributed by atoms with Crippen molar-refractivity contribution in [1.29, 1.82) is 0 Å². The predicted octanol–water partition coefficient (Wildman–Crippen LogP) is 6.61. The molecule has 1 heterocycles. The lowest BCUT2D eigenvalue weighted by molar-refractivity contribution is 0.0697. The Hall–Kier alpha value is -3.16. The second-order valence-electron chi connectivity index (χ2n) is 7.60. The van der Waals surface area contributed by atoms with Gasteiger partial charge >= 0.3 is 5.97 Å². The number of halogens is 2. The summed E-state index contributed by atoms with van der Waals surface area (Å²) in [5, 5.41) is 9.95. The first-order chi connectivity index (χ1) is 15.9. The Bertz CT molecular complexity index is 1280. The van der Waals surface area contributed by atoms with Crippen LogP contribution in [-0.2, 0) is 6.42 Å². The van der Waals surface area contributed by atoms with E-state index in [1.807, 2.05) is 31.2 Å². The van der Waals surface area contributed by atoms with Crippen LogP contribution in [0, 0.1) is 5.82 Å². The number of aromatic carboxylic acids is 1. The fourth-order valence-corrected chi connectivity index (χ4v) is 4.95. The van der Waals surface area contributed by atoms with E-state index in [0.29, 0.717) is 21.9 Å². The van der Waals surface area contributed by atoms with Crippen LogP contribution in [0.2, 0.25) is 5.02 Å². The van der Waals surface area contributed by atoms with E-state index in [4.69, 9.17) is 16.3 Å². The summed E-state index contributed by atoms with van der Waals surface area (Å²) in [7, 11) is 1.63. The molecule has 1 unspecified atom stereocenters. The number of anilines is 1. The van der Waals surface area contributed by atoms with Crippen LogP contribution in [0.25, 0.3) is 10.2 Å². The van der Waals surface area contributed by atoms with Crippen LogP contribution in [0.3, 0.4) is 0 Å². The average Bonchev–Trinajstić information content (AvgIpc) is 3.26. The first-order valence-electron chi connectivity index (χ1n) is 10.3. The molecule has 0 saturated heterocycles. The molecule has 8 heteroatoms. The first-order valence-corrected chi connectivity index (χ1v) is 11.5. The van der Waals surface area contributed by atoms with Crippen LogP contribution in [0.1, 0.15) is 34.5 Å². The van der Waals surface area contributed by atoms with E-state index in [1.165, 1.54) is 17.4 Å². The Morgan fingerprint density at radius 2 is 1.85 bits per heavy atom. The lowest BCUT2D eigenvalue weighted by Gasteiger charge is -2.29. The zero-order valence-corrected chi connectivity index (χ0v) is 19.7. The van der Waals surface area contributed by atoms with Crippen LogP contribution in [0.4, 0.5) is 9.52 Å². The van der Waals surface area contributed by atoms with Gasteiger partial charge in [-0.2, -0.15) is 0 Å². The molecule has 170 valence electrons. The number of thiazole rings is 1. The molecule has 33 heavy (non-hydrogen) atoms. The smallest absolute Gasteiger partial charge is 0.335 e. The standard InChI is InChI=1S/C25H22ClFN2O3S/c1-15(17-5-7-18(8-6-17)24(30)31)29(14-13-16-3-9-19(32-2)10-4-16)25-28-21-12-11-20(26)22(27)23(21)33-25/h3-12,15H,13-14H2,1-2H3,(H,30,31). The Morgan fingerprint density at radius 1 is 1.15 bits per heavy atom. The number of aromatic nitrogens is 1. The molecule has 0 amide bonds. The van der Waals surface area contributed by atoms with Gasteiger partial charge in [0.15, 0.2) is 10.9 Å². The Labute approximate surface area is 200 Å². The third kappa shape index (κ3) is 4.94. The fraction of sp³-hybridized carbons (Fsp3) is 0.200. The number of hydrogen-bond donors (Lipinski definition) is 1. The van der Waals surface area contributed by atoms with Crippen molar-refractivity contribution in [1.82, 2.24) is 4.98 Å². The summed E-state index contributed by atoms with van der Waals surface area (Å²) >= 11 is 7.23. The minimum Gasteiger partial charge on any atom is -0.497 e. The normalized spacial score (nSPS) is 12.0. The third-order valence-electron chi connectivity index (χ3n) is 5.59. The van der Waals surface area contributed by atoms with Gasteiger partial charge in [0, 0.05) is 6.54 Å². The van der Waals surface area contributed by atoms with Crippen molar-refractivity contribution in [2.45, 2.75) is 19.4 Å². The lowest BCUT2D eigenvalue weighted by atomic mass is 10.0. The number of rotatable bonds is 8. The van der Waals surface area contributed by atoms with Crippen molar-refractivity contribution in [2.24, 2.45) is 0 Å². The maximum atomic E-state index is 14.6. The topological polar surface area (TPSA) is 62.7 Å².